The van der Waals surface area contributed by atoms with Gasteiger partial charge in [-0.25, -0.2) is 0 Å². The van der Waals surface area contributed by atoms with Crippen molar-refractivity contribution in [3.63, 3.8) is 0 Å². The van der Waals surface area contributed by atoms with Gasteiger partial charge in [-0.1, -0.05) is 38.3 Å². The quantitative estimate of drug-likeness (QED) is 0.719. The maximum Gasteiger partial charge on any atom is 0.224 e. The summed E-state index contributed by atoms with van der Waals surface area (Å²) in [4.78, 5) is 11.7. The molecule has 0 aliphatic carbocycles. The molecule has 1 N–H and O–H groups in total. The highest BCUT2D eigenvalue weighted by atomic mass is 16.5. The van der Waals surface area contributed by atoms with Gasteiger partial charge in [-0.15, -0.1) is 0 Å². The molecule has 0 aliphatic rings. The third kappa shape index (κ3) is 5.71. The lowest BCUT2D eigenvalue weighted by molar-refractivity contribution is -0.120. The average Bonchev–Trinajstić information content (AvgIpc) is 2.39. The summed E-state index contributed by atoms with van der Waals surface area (Å²) >= 11 is 0. The maximum absolute atomic E-state index is 11.7. The van der Waals surface area contributed by atoms with Crippen LogP contribution in [0.2, 0.25) is 0 Å². The Morgan fingerprint density at radius 3 is 2.50 bits per heavy atom. The molecular formula is C15H23NO2. The molecule has 0 aliphatic heterocycles. The van der Waals surface area contributed by atoms with Crippen molar-refractivity contribution < 1.29 is 9.53 Å². The minimum atomic E-state index is 0.0941. The lowest BCUT2D eigenvalue weighted by Gasteiger charge is -2.06. The Hall–Kier alpha value is -1.51. The fourth-order valence-electron chi connectivity index (χ4n) is 1.77. The largest absolute Gasteiger partial charge is 0.497 e. The molecule has 1 rings (SSSR count). The topological polar surface area (TPSA) is 38.3 Å². The molecule has 0 aromatic heterocycles. The van der Waals surface area contributed by atoms with E-state index < -0.39 is 0 Å². The predicted molar refractivity (Wildman–Crippen MR) is 73.8 cm³/mol. The van der Waals surface area contributed by atoms with Crippen LogP contribution in [0.3, 0.4) is 0 Å². The van der Waals surface area contributed by atoms with Gasteiger partial charge < -0.3 is 10.1 Å². The van der Waals surface area contributed by atoms with Crippen molar-refractivity contribution in [2.24, 2.45) is 0 Å². The van der Waals surface area contributed by atoms with Crippen LogP contribution in [-0.2, 0) is 11.2 Å². The van der Waals surface area contributed by atoms with Gasteiger partial charge in [0.2, 0.25) is 5.91 Å². The molecule has 0 saturated carbocycles. The summed E-state index contributed by atoms with van der Waals surface area (Å²) in [5, 5.41) is 2.95. The molecule has 0 bridgehead atoms. The van der Waals surface area contributed by atoms with Crippen LogP contribution in [0, 0.1) is 0 Å². The number of hydrogen-bond acceptors (Lipinski definition) is 2. The summed E-state index contributed by atoms with van der Waals surface area (Å²) in [6.07, 6.45) is 5.17. The molecule has 0 heterocycles. The van der Waals surface area contributed by atoms with Gasteiger partial charge in [0, 0.05) is 6.54 Å². The van der Waals surface area contributed by atoms with Gasteiger partial charge in [-0.3, -0.25) is 4.79 Å². The Labute approximate surface area is 110 Å². The highest BCUT2D eigenvalue weighted by Crippen LogP contribution is 2.11. The first-order chi connectivity index (χ1) is 8.76. The molecule has 0 saturated heterocycles. The van der Waals surface area contributed by atoms with Crippen LogP contribution in [0.4, 0.5) is 0 Å². The molecule has 0 unspecified atom stereocenters. The van der Waals surface area contributed by atoms with Crippen molar-refractivity contribution in [2.75, 3.05) is 13.7 Å². The number of ether oxygens (including phenoxy) is 1. The van der Waals surface area contributed by atoms with Crippen molar-refractivity contribution in [3.8, 4) is 5.75 Å². The lowest BCUT2D eigenvalue weighted by Crippen LogP contribution is -2.26. The third-order valence-corrected chi connectivity index (χ3v) is 2.88. The third-order valence-electron chi connectivity index (χ3n) is 2.88. The van der Waals surface area contributed by atoms with E-state index in [0.29, 0.717) is 6.42 Å². The highest BCUT2D eigenvalue weighted by molar-refractivity contribution is 5.78. The van der Waals surface area contributed by atoms with Crippen LogP contribution in [0.5, 0.6) is 5.75 Å². The van der Waals surface area contributed by atoms with Gasteiger partial charge in [0.15, 0.2) is 0 Å². The number of carbonyl (C=O) groups is 1. The molecule has 3 nitrogen and oxygen atoms in total. The van der Waals surface area contributed by atoms with E-state index in [1.807, 2.05) is 24.3 Å². The van der Waals surface area contributed by atoms with Crippen molar-refractivity contribution in [1.82, 2.24) is 5.32 Å². The van der Waals surface area contributed by atoms with E-state index in [2.05, 4.69) is 12.2 Å². The van der Waals surface area contributed by atoms with Gasteiger partial charge in [0.25, 0.3) is 0 Å². The first-order valence-electron chi connectivity index (χ1n) is 6.66. The van der Waals surface area contributed by atoms with E-state index in [0.717, 1.165) is 24.3 Å². The van der Waals surface area contributed by atoms with Gasteiger partial charge in [-0.05, 0) is 24.1 Å². The van der Waals surface area contributed by atoms with Crippen LogP contribution in [0.25, 0.3) is 0 Å². The molecule has 0 radical (unpaired) electrons. The number of unbranched alkanes of at least 4 members (excludes halogenated alkanes) is 3. The highest BCUT2D eigenvalue weighted by Gasteiger charge is 2.02. The normalized spacial score (nSPS) is 10.1. The van der Waals surface area contributed by atoms with Crippen molar-refractivity contribution >= 4 is 5.91 Å². The minimum absolute atomic E-state index is 0.0941. The van der Waals surface area contributed by atoms with E-state index in [1.54, 1.807) is 7.11 Å². The fourth-order valence-corrected chi connectivity index (χ4v) is 1.77. The van der Waals surface area contributed by atoms with Crippen LogP contribution in [-0.4, -0.2) is 19.6 Å². The van der Waals surface area contributed by atoms with E-state index >= 15 is 0 Å². The zero-order valence-electron chi connectivity index (χ0n) is 11.4. The summed E-state index contributed by atoms with van der Waals surface area (Å²) in [5.74, 6) is 0.912. The summed E-state index contributed by atoms with van der Waals surface area (Å²) in [5.41, 5.74) is 1.02. The van der Waals surface area contributed by atoms with Crippen LogP contribution >= 0.6 is 0 Å². The zero-order valence-corrected chi connectivity index (χ0v) is 11.4. The summed E-state index contributed by atoms with van der Waals surface area (Å²) in [6, 6.07) is 7.61. The van der Waals surface area contributed by atoms with Crippen molar-refractivity contribution in [3.05, 3.63) is 29.8 Å². The number of benzene rings is 1. The number of amides is 1. The Morgan fingerprint density at radius 2 is 1.89 bits per heavy atom. The summed E-state index contributed by atoms with van der Waals surface area (Å²) < 4.78 is 5.08. The molecule has 3 heteroatoms. The number of nitrogens with one attached hydrogen (secondary N) is 1. The number of hydrogen-bond donors (Lipinski definition) is 1. The van der Waals surface area contributed by atoms with E-state index in [4.69, 9.17) is 4.74 Å². The smallest absolute Gasteiger partial charge is 0.224 e. The van der Waals surface area contributed by atoms with E-state index in [9.17, 15) is 4.79 Å². The van der Waals surface area contributed by atoms with Gasteiger partial charge in [0.05, 0.1) is 13.5 Å². The number of carbonyl (C=O) groups excluding carboxylic acids is 1. The zero-order chi connectivity index (χ0) is 13.2. The second-order valence-corrected chi connectivity index (χ2v) is 4.44. The Bertz CT molecular complexity index is 346. The summed E-state index contributed by atoms with van der Waals surface area (Å²) in [7, 11) is 1.64. The van der Waals surface area contributed by atoms with Crippen LogP contribution in [0.1, 0.15) is 38.2 Å². The SMILES string of the molecule is CCCCCCNC(=O)Cc1ccc(OC)cc1. The Kier molecular flexibility index (Phi) is 6.92. The Balaban J connectivity index is 2.22. The number of rotatable bonds is 8. The standard InChI is InChI=1S/C15H23NO2/c1-3-4-5-6-11-16-15(17)12-13-7-9-14(18-2)10-8-13/h7-10H,3-6,11-12H2,1-2H3,(H,16,17). The molecule has 0 fully saturated rings. The van der Waals surface area contributed by atoms with Crippen LogP contribution in [0.15, 0.2) is 24.3 Å². The second kappa shape index (κ2) is 8.56. The van der Waals surface area contributed by atoms with Gasteiger partial charge in [-0.2, -0.15) is 0 Å². The van der Waals surface area contributed by atoms with E-state index in [-0.39, 0.29) is 5.91 Å². The van der Waals surface area contributed by atoms with Crippen molar-refractivity contribution in [2.45, 2.75) is 39.0 Å². The van der Waals surface area contributed by atoms with Gasteiger partial charge >= 0.3 is 0 Å². The van der Waals surface area contributed by atoms with E-state index in [1.165, 1.54) is 19.3 Å². The molecular weight excluding hydrogens is 226 g/mol. The molecule has 1 aromatic rings. The van der Waals surface area contributed by atoms with Crippen molar-refractivity contribution in [1.29, 1.82) is 0 Å². The average molecular weight is 249 g/mol. The molecule has 18 heavy (non-hydrogen) atoms. The molecule has 100 valence electrons. The first kappa shape index (κ1) is 14.6. The second-order valence-electron chi connectivity index (χ2n) is 4.44. The first-order valence-corrected chi connectivity index (χ1v) is 6.66. The number of methoxy groups -OCH3 is 1. The summed E-state index contributed by atoms with van der Waals surface area (Å²) in [6.45, 7) is 2.97. The monoisotopic (exact) mass is 249 g/mol. The predicted octanol–water partition coefficient (Wildman–Crippen LogP) is 2.93. The molecule has 0 spiro atoms. The Morgan fingerprint density at radius 1 is 1.17 bits per heavy atom. The molecule has 1 aromatic carbocycles. The van der Waals surface area contributed by atoms with Crippen LogP contribution < -0.4 is 10.1 Å². The lowest BCUT2D eigenvalue weighted by atomic mass is 10.1. The fraction of sp³-hybridized carbons (Fsp3) is 0.533. The molecule has 1 amide bonds. The minimum Gasteiger partial charge on any atom is -0.497 e. The maximum atomic E-state index is 11.7. The molecule has 0 atom stereocenters. The van der Waals surface area contributed by atoms with Gasteiger partial charge in [0.1, 0.15) is 5.75 Å².